The molecule has 0 fully saturated rings. The number of Topliss-reactive ketones (excluding diaryl/α,β-unsaturated/α-hetero) is 1. The molecule has 0 aliphatic heterocycles. The number of rotatable bonds is 6. The Morgan fingerprint density at radius 1 is 1.07 bits per heavy atom. The van der Waals surface area contributed by atoms with Gasteiger partial charge < -0.3 is 9.15 Å². The summed E-state index contributed by atoms with van der Waals surface area (Å²) < 4.78 is 11.3. The van der Waals surface area contributed by atoms with Crippen LogP contribution < -0.4 is 4.74 Å². The molecule has 27 heavy (non-hydrogen) atoms. The molecule has 0 saturated heterocycles. The summed E-state index contributed by atoms with van der Waals surface area (Å²) in [5, 5.41) is 0. The smallest absolute Gasteiger partial charge is 0.227 e. The van der Waals surface area contributed by atoms with Gasteiger partial charge in [0.1, 0.15) is 5.75 Å². The van der Waals surface area contributed by atoms with E-state index in [2.05, 4.69) is 11.9 Å². The van der Waals surface area contributed by atoms with E-state index in [4.69, 9.17) is 9.15 Å². The zero-order valence-electron chi connectivity index (χ0n) is 15.7. The van der Waals surface area contributed by atoms with Crippen molar-refractivity contribution in [3.8, 4) is 28.5 Å². The third-order valence-electron chi connectivity index (χ3n) is 5.19. The molecule has 1 atom stereocenters. The third kappa shape index (κ3) is 3.16. The molecule has 0 N–H and O–H groups in total. The number of oxazole rings is 1. The SMILES string of the molecule is CCCCCC1C(=O)c2nc(-c3ccc(OC)cc3)oc2-c2ccccc21. The van der Waals surface area contributed by atoms with Gasteiger partial charge in [-0.15, -0.1) is 0 Å². The lowest BCUT2D eigenvalue weighted by Crippen LogP contribution is -2.19. The number of hydrogen-bond acceptors (Lipinski definition) is 4. The number of ketones is 1. The van der Waals surface area contributed by atoms with Crippen LogP contribution in [-0.2, 0) is 0 Å². The fourth-order valence-corrected chi connectivity index (χ4v) is 3.73. The van der Waals surface area contributed by atoms with Gasteiger partial charge in [-0.2, -0.15) is 0 Å². The van der Waals surface area contributed by atoms with E-state index in [1.54, 1.807) is 7.11 Å². The Labute approximate surface area is 159 Å². The zero-order valence-corrected chi connectivity index (χ0v) is 15.7. The Bertz CT molecular complexity index is 956. The number of aromatic nitrogens is 1. The van der Waals surface area contributed by atoms with Gasteiger partial charge in [0.05, 0.1) is 7.11 Å². The largest absolute Gasteiger partial charge is 0.497 e. The summed E-state index contributed by atoms with van der Waals surface area (Å²) in [6.45, 7) is 2.17. The lowest BCUT2D eigenvalue weighted by molar-refractivity contribution is 0.0947. The first-order valence-corrected chi connectivity index (χ1v) is 9.51. The maximum atomic E-state index is 13.2. The fourth-order valence-electron chi connectivity index (χ4n) is 3.73. The van der Waals surface area contributed by atoms with Crippen LogP contribution in [0.15, 0.2) is 52.9 Å². The Morgan fingerprint density at radius 3 is 2.59 bits per heavy atom. The van der Waals surface area contributed by atoms with Crippen molar-refractivity contribution in [2.45, 2.75) is 38.5 Å². The molecule has 0 spiro atoms. The van der Waals surface area contributed by atoms with Gasteiger partial charge in [-0.3, -0.25) is 4.79 Å². The molecule has 1 aliphatic rings. The van der Waals surface area contributed by atoms with Crippen LogP contribution in [0.3, 0.4) is 0 Å². The van der Waals surface area contributed by atoms with E-state index in [0.717, 1.165) is 48.1 Å². The third-order valence-corrected chi connectivity index (χ3v) is 5.19. The molecule has 1 heterocycles. The Hall–Kier alpha value is -2.88. The number of carbonyl (C=O) groups excluding carboxylic acids is 1. The lowest BCUT2D eigenvalue weighted by Gasteiger charge is -2.22. The van der Waals surface area contributed by atoms with Gasteiger partial charge in [-0.05, 0) is 36.2 Å². The summed E-state index contributed by atoms with van der Waals surface area (Å²) in [6, 6.07) is 15.6. The van der Waals surface area contributed by atoms with Crippen molar-refractivity contribution in [1.82, 2.24) is 4.98 Å². The average Bonchev–Trinajstić information content (AvgIpc) is 3.16. The van der Waals surface area contributed by atoms with Crippen LogP contribution >= 0.6 is 0 Å². The molecule has 0 bridgehead atoms. The molecule has 1 aromatic heterocycles. The first-order chi connectivity index (χ1) is 13.2. The van der Waals surface area contributed by atoms with Gasteiger partial charge in [0.15, 0.2) is 17.2 Å². The summed E-state index contributed by atoms with van der Waals surface area (Å²) in [5.41, 5.74) is 3.34. The van der Waals surface area contributed by atoms with Crippen LogP contribution in [0.4, 0.5) is 0 Å². The van der Waals surface area contributed by atoms with Gasteiger partial charge in [-0.25, -0.2) is 4.98 Å². The van der Waals surface area contributed by atoms with Crippen LogP contribution in [0.5, 0.6) is 5.75 Å². The maximum Gasteiger partial charge on any atom is 0.227 e. The van der Waals surface area contributed by atoms with Crippen molar-refractivity contribution in [3.63, 3.8) is 0 Å². The van der Waals surface area contributed by atoms with Crippen LogP contribution in [0, 0.1) is 0 Å². The van der Waals surface area contributed by atoms with Gasteiger partial charge in [0.2, 0.25) is 5.89 Å². The number of ether oxygens (including phenoxy) is 1. The van der Waals surface area contributed by atoms with Gasteiger partial charge in [0, 0.05) is 17.0 Å². The second-order valence-electron chi connectivity index (χ2n) is 6.93. The van der Waals surface area contributed by atoms with Crippen LogP contribution in [-0.4, -0.2) is 17.9 Å². The number of carbonyl (C=O) groups is 1. The molecular formula is C23H23NO3. The standard InChI is InChI=1S/C23H23NO3/c1-3-4-5-9-18-17-8-6-7-10-19(17)22-20(21(18)25)24-23(27-22)15-11-13-16(26-2)14-12-15/h6-8,10-14,18H,3-5,9H2,1-2H3. The van der Waals surface area contributed by atoms with Crippen molar-refractivity contribution in [1.29, 1.82) is 0 Å². The average molecular weight is 361 g/mol. The highest BCUT2D eigenvalue weighted by molar-refractivity contribution is 6.08. The van der Waals surface area contributed by atoms with E-state index in [9.17, 15) is 4.79 Å². The lowest BCUT2D eigenvalue weighted by atomic mass is 9.80. The topological polar surface area (TPSA) is 52.3 Å². The first kappa shape index (κ1) is 17.5. The molecule has 0 amide bonds. The Kier molecular flexibility index (Phi) is 4.80. The van der Waals surface area contributed by atoms with Crippen molar-refractivity contribution in [3.05, 3.63) is 59.8 Å². The number of benzene rings is 2. The van der Waals surface area contributed by atoms with Gasteiger partial charge in [0.25, 0.3) is 0 Å². The number of nitrogens with zero attached hydrogens (tertiary/aromatic N) is 1. The highest BCUT2D eigenvalue weighted by Gasteiger charge is 2.36. The molecule has 4 heteroatoms. The van der Waals surface area contributed by atoms with E-state index in [-0.39, 0.29) is 11.7 Å². The predicted molar refractivity (Wildman–Crippen MR) is 105 cm³/mol. The van der Waals surface area contributed by atoms with Crippen molar-refractivity contribution in [2.75, 3.05) is 7.11 Å². The second kappa shape index (κ2) is 7.39. The first-order valence-electron chi connectivity index (χ1n) is 9.51. The summed E-state index contributed by atoms with van der Waals surface area (Å²) in [5.74, 6) is 1.78. The summed E-state index contributed by atoms with van der Waals surface area (Å²) in [6.07, 6.45) is 4.17. The summed E-state index contributed by atoms with van der Waals surface area (Å²) >= 11 is 0. The number of hydrogen-bond donors (Lipinski definition) is 0. The van der Waals surface area contributed by atoms with E-state index in [1.807, 2.05) is 48.5 Å². The minimum Gasteiger partial charge on any atom is -0.497 e. The summed E-state index contributed by atoms with van der Waals surface area (Å²) in [4.78, 5) is 17.8. The zero-order chi connectivity index (χ0) is 18.8. The molecule has 1 unspecified atom stereocenters. The molecule has 1 aliphatic carbocycles. The normalized spacial score (nSPS) is 15.3. The monoisotopic (exact) mass is 361 g/mol. The van der Waals surface area contributed by atoms with Crippen LogP contribution in [0.2, 0.25) is 0 Å². The number of fused-ring (bicyclic) bond motifs is 3. The molecule has 4 rings (SSSR count). The van der Waals surface area contributed by atoms with Gasteiger partial charge >= 0.3 is 0 Å². The molecular weight excluding hydrogens is 338 g/mol. The van der Waals surface area contributed by atoms with E-state index >= 15 is 0 Å². The minimum atomic E-state index is -0.130. The van der Waals surface area contributed by atoms with Crippen LogP contribution in [0.1, 0.15) is 54.6 Å². The Morgan fingerprint density at radius 2 is 1.85 bits per heavy atom. The predicted octanol–water partition coefficient (Wildman–Crippen LogP) is 5.88. The second-order valence-corrected chi connectivity index (χ2v) is 6.93. The van der Waals surface area contributed by atoms with E-state index in [1.165, 1.54) is 0 Å². The quantitative estimate of drug-likeness (QED) is 0.515. The highest BCUT2D eigenvalue weighted by Crippen LogP contribution is 2.43. The number of methoxy groups -OCH3 is 1. The van der Waals surface area contributed by atoms with Crippen molar-refractivity contribution >= 4 is 5.78 Å². The Balaban J connectivity index is 1.75. The fraction of sp³-hybridized carbons (Fsp3) is 0.304. The molecule has 0 radical (unpaired) electrons. The molecule has 4 nitrogen and oxygen atoms in total. The maximum absolute atomic E-state index is 13.2. The van der Waals surface area contributed by atoms with E-state index < -0.39 is 0 Å². The molecule has 0 saturated carbocycles. The number of unbranched alkanes of at least 4 members (excludes halogenated alkanes) is 2. The highest BCUT2D eigenvalue weighted by atomic mass is 16.5. The van der Waals surface area contributed by atoms with Crippen molar-refractivity contribution in [2.24, 2.45) is 0 Å². The minimum absolute atomic E-state index is 0.0725. The summed E-state index contributed by atoms with van der Waals surface area (Å²) in [7, 11) is 1.63. The molecule has 3 aromatic rings. The van der Waals surface area contributed by atoms with Crippen molar-refractivity contribution < 1.29 is 13.9 Å². The van der Waals surface area contributed by atoms with Gasteiger partial charge in [-0.1, -0.05) is 50.5 Å². The van der Waals surface area contributed by atoms with E-state index in [0.29, 0.717) is 17.3 Å². The molecule has 2 aromatic carbocycles. The van der Waals surface area contributed by atoms with Crippen LogP contribution in [0.25, 0.3) is 22.8 Å². The molecule has 138 valence electrons.